The van der Waals surface area contributed by atoms with Crippen molar-refractivity contribution in [3.05, 3.63) is 65.7 Å². The third-order valence-electron chi connectivity index (χ3n) is 6.43. The predicted octanol–water partition coefficient (Wildman–Crippen LogP) is 2.44. The normalized spacial score (nSPS) is 26.5. The highest BCUT2D eigenvalue weighted by Gasteiger charge is 2.50. The minimum Gasteiger partial charge on any atom is -0.508 e. The number of hydrogen-bond donors (Lipinski definition) is 2. The van der Waals surface area contributed by atoms with Gasteiger partial charge in [0.25, 0.3) is 0 Å². The number of piperazine rings is 1. The van der Waals surface area contributed by atoms with Gasteiger partial charge in [-0.25, -0.2) is 0 Å². The lowest BCUT2D eigenvalue weighted by Crippen LogP contribution is -2.54. The Balaban J connectivity index is 1.38. The van der Waals surface area contributed by atoms with Gasteiger partial charge < -0.3 is 15.3 Å². The summed E-state index contributed by atoms with van der Waals surface area (Å²) in [5.74, 6) is 0.164. The van der Waals surface area contributed by atoms with E-state index in [1.807, 2.05) is 47.4 Å². The smallest absolute Gasteiger partial charge is 0.237 e. The molecule has 0 unspecified atom stereocenters. The summed E-state index contributed by atoms with van der Waals surface area (Å²) in [6, 6.07) is 17.3. The van der Waals surface area contributed by atoms with Gasteiger partial charge >= 0.3 is 0 Å². The number of phenolic OH excluding ortho intramolecular Hbond substituents is 1. The van der Waals surface area contributed by atoms with Crippen molar-refractivity contribution in [3.8, 4) is 5.75 Å². The summed E-state index contributed by atoms with van der Waals surface area (Å²) in [6.07, 6.45) is 2.79. The Morgan fingerprint density at radius 2 is 1.90 bits per heavy atom. The SMILES string of the molecule is O=C(NC1CC1)[C@@H]1C[C@@H]2CN(Cc3cccc(O)c3)CC(=O)N2[C@@H]1c1ccccc1. The average Bonchev–Trinajstić information content (AvgIpc) is 3.45. The molecular weight excluding hydrogens is 378 g/mol. The second-order valence-electron chi connectivity index (χ2n) is 8.77. The molecule has 6 nitrogen and oxygen atoms in total. The van der Waals surface area contributed by atoms with Crippen LogP contribution in [0.2, 0.25) is 0 Å². The molecule has 2 aromatic carbocycles. The standard InChI is InChI=1S/C24H27N3O3/c28-20-8-4-5-16(11-20)13-26-14-19-12-21(24(30)25-18-9-10-18)23(27(19)22(29)15-26)17-6-2-1-3-7-17/h1-8,11,18-19,21,23,28H,9-10,12-15H2,(H,25,30)/t19-,21-,23-/m1/s1. The first-order chi connectivity index (χ1) is 14.6. The van der Waals surface area contributed by atoms with Crippen molar-refractivity contribution in [1.82, 2.24) is 15.1 Å². The van der Waals surface area contributed by atoms with Gasteiger partial charge in [0, 0.05) is 25.2 Å². The van der Waals surface area contributed by atoms with Crippen LogP contribution in [-0.4, -0.2) is 51.9 Å². The number of hydrogen-bond acceptors (Lipinski definition) is 4. The lowest BCUT2D eigenvalue weighted by Gasteiger charge is -2.40. The highest BCUT2D eigenvalue weighted by atomic mass is 16.3. The van der Waals surface area contributed by atoms with Crippen molar-refractivity contribution in [2.24, 2.45) is 5.92 Å². The van der Waals surface area contributed by atoms with Gasteiger partial charge in [0.1, 0.15) is 5.75 Å². The summed E-state index contributed by atoms with van der Waals surface area (Å²) in [4.78, 5) is 30.4. The van der Waals surface area contributed by atoms with Crippen LogP contribution in [0.25, 0.3) is 0 Å². The van der Waals surface area contributed by atoms with Crippen LogP contribution in [0.1, 0.15) is 36.4 Å². The molecular formula is C24H27N3O3. The topological polar surface area (TPSA) is 72.9 Å². The van der Waals surface area contributed by atoms with E-state index >= 15 is 0 Å². The largest absolute Gasteiger partial charge is 0.508 e. The van der Waals surface area contributed by atoms with E-state index < -0.39 is 0 Å². The lowest BCUT2D eigenvalue weighted by molar-refractivity contribution is -0.141. The Bertz CT molecular complexity index is 944. The van der Waals surface area contributed by atoms with E-state index in [4.69, 9.17) is 0 Å². The van der Waals surface area contributed by atoms with Crippen molar-refractivity contribution in [2.75, 3.05) is 13.1 Å². The van der Waals surface area contributed by atoms with E-state index in [0.29, 0.717) is 25.6 Å². The van der Waals surface area contributed by atoms with Crippen LogP contribution in [0.5, 0.6) is 5.75 Å². The summed E-state index contributed by atoms with van der Waals surface area (Å²) in [5.41, 5.74) is 2.02. The molecule has 3 fully saturated rings. The Kier molecular flexibility index (Phi) is 4.95. The van der Waals surface area contributed by atoms with Crippen molar-refractivity contribution >= 4 is 11.8 Å². The van der Waals surface area contributed by atoms with Gasteiger partial charge in [-0.2, -0.15) is 0 Å². The van der Waals surface area contributed by atoms with Gasteiger partial charge in [-0.05, 0) is 42.5 Å². The molecule has 2 aromatic rings. The summed E-state index contributed by atoms with van der Waals surface area (Å²) in [6.45, 7) is 1.67. The Labute approximate surface area is 176 Å². The van der Waals surface area contributed by atoms with Crippen LogP contribution in [0.3, 0.4) is 0 Å². The van der Waals surface area contributed by atoms with Crippen LogP contribution in [-0.2, 0) is 16.1 Å². The third kappa shape index (κ3) is 3.79. The van der Waals surface area contributed by atoms with Crippen LogP contribution in [0.4, 0.5) is 0 Å². The zero-order valence-electron chi connectivity index (χ0n) is 16.9. The molecule has 2 heterocycles. The Morgan fingerprint density at radius 3 is 2.63 bits per heavy atom. The van der Waals surface area contributed by atoms with E-state index in [1.54, 1.807) is 12.1 Å². The third-order valence-corrected chi connectivity index (χ3v) is 6.43. The number of carbonyl (C=O) groups is 2. The Hall–Kier alpha value is -2.86. The van der Waals surface area contributed by atoms with Gasteiger partial charge in [-0.3, -0.25) is 14.5 Å². The Morgan fingerprint density at radius 1 is 1.10 bits per heavy atom. The molecule has 0 aromatic heterocycles. The second-order valence-corrected chi connectivity index (χ2v) is 8.77. The number of phenols is 1. The number of nitrogens with one attached hydrogen (secondary N) is 1. The van der Waals surface area contributed by atoms with E-state index in [2.05, 4.69) is 10.2 Å². The highest BCUT2D eigenvalue weighted by Crippen LogP contribution is 2.43. The number of amides is 2. The minimum atomic E-state index is -0.220. The summed E-state index contributed by atoms with van der Waals surface area (Å²) >= 11 is 0. The van der Waals surface area contributed by atoms with Gasteiger partial charge in [-0.15, -0.1) is 0 Å². The quantitative estimate of drug-likeness (QED) is 0.802. The lowest BCUT2D eigenvalue weighted by atomic mass is 9.92. The maximum atomic E-state index is 13.2. The van der Waals surface area contributed by atoms with Crippen LogP contribution < -0.4 is 5.32 Å². The molecule has 156 valence electrons. The fraction of sp³-hybridized carbons (Fsp3) is 0.417. The van der Waals surface area contributed by atoms with Gasteiger partial charge in [0.2, 0.25) is 11.8 Å². The fourth-order valence-electron chi connectivity index (χ4n) is 4.98. The summed E-state index contributed by atoms with van der Waals surface area (Å²) < 4.78 is 0. The van der Waals surface area contributed by atoms with Crippen molar-refractivity contribution in [2.45, 2.75) is 43.9 Å². The zero-order valence-corrected chi connectivity index (χ0v) is 16.9. The first-order valence-electron chi connectivity index (χ1n) is 10.8. The number of nitrogens with zero attached hydrogens (tertiary/aromatic N) is 2. The molecule has 0 spiro atoms. The minimum absolute atomic E-state index is 0.0173. The van der Waals surface area contributed by atoms with Crippen molar-refractivity contribution in [1.29, 1.82) is 0 Å². The second kappa shape index (κ2) is 7.76. The highest BCUT2D eigenvalue weighted by molar-refractivity contribution is 5.85. The van der Waals surface area contributed by atoms with Gasteiger partial charge in [0.15, 0.2) is 0 Å². The van der Waals surface area contributed by atoms with Crippen LogP contribution >= 0.6 is 0 Å². The number of carbonyl (C=O) groups excluding carboxylic acids is 2. The number of rotatable bonds is 5. The van der Waals surface area contributed by atoms with E-state index in [1.165, 1.54) is 0 Å². The molecule has 5 rings (SSSR count). The molecule has 2 aliphatic heterocycles. The molecule has 1 aliphatic carbocycles. The van der Waals surface area contributed by atoms with E-state index in [-0.39, 0.29) is 35.6 Å². The molecule has 30 heavy (non-hydrogen) atoms. The molecule has 1 saturated carbocycles. The molecule has 2 saturated heterocycles. The molecule has 3 aliphatic rings. The average molecular weight is 405 g/mol. The number of benzene rings is 2. The van der Waals surface area contributed by atoms with E-state index in [0.717, 1.165) is 30.5 Å². The van der Waals surface area contributed by atoms with Gasteiger partial charge in [-0.1, -0.05) is 42.5 Å². The zero-order chi connectivity index (χ0) is 20.7. The first-order valence-corrected chi connectivity index (χ1v) is 10.8. The predicted molar refractivity (Wildman–Crippen MR) is 112 cm³/mol. The molecule has 2 N–H and O–H groups in total. The number of fused-ring (bicyclic) bond motifs is 1. The summed E-state index contributed by atoms with van der Waals surface area (Å²) in [7, 11) is 0. The molecule has 0 radical (unpaired) electrons. The van der Waals surface area contributed by atoms with Gasteiger partial charge in [0.05, 0.1) is 18.5 Å². The maximum absolute atomic E-state index is 13.2. The fourth-order valence-corrected chi connectivity index (χ4v) is 4.98. The first kappa shape index (κ1) is 19.1. The number of aromatic hydroxyl groups is 1. The maximum Gasteiger partial charge on any atom is 0.237 e. The van der Waals surface area contributed by atoms with E-state index in [9.17, 15) is 14.7 Å². The molecule has 6 heteroatoms. The van der Waals surface area contributed by atoms with Crippen LogP contribution in [0, 0.1) is 5.92 Å². The molecule has 3 atom stereocenters. The van der Waals surface area contributed by atoms with Crippen molar-refractivity contribution in [3.63, 3.8) is 0 Å². The monoisotopic (exact) mass is 405 g/mol. The molecule has 2 amide bonds. The van der Waals surface area contributed by atoms with Crippen LogP contribution in [0.15, 0.2) is 54.6 Å². The summed E-state index contributed by atoms with van der Waals surface area (Å²) in [5, 5.41) is 12.9. The van der Waals surface area contributed by atoms with Crippen molar-refractivity contribution < 1.29 is 14.7 Å². The molecule has 0 bridgehead atoms.